The monoisotopic (exact) mass is 373 g/mol. The van der Waals surface area contributed by atoms with Crippen LogP contribution in [0.4, 0.5) is 5.69 Å². The van der Waals surface area contributed by atoms with Gasteiger partial charge in [0.05, 0.1) is 14.8 Å². The Morgan fingerprint density at radius 3 is 2.67 bits per heavy atom. The average molecular weight is 374 g/mol. The van der Waals surface area contributed by atoms with E-state index < -0.39 is 14.9 Å². The van der Waals surface area contributed by atoms with E-state index in [1.54, 1.807) is 0 Å². The molecular formula is C15H20ClN3O4S. The quantitative estimate of drug-likeness (QED) is 0.646. The maximum atomic E-state index is 12.9. The molecular weight excluding hydrogens is 354 g/mol. The molecule has 3 atom stereocenters. The number of benzene rings is 1. The van der Waals surface area contributed by atoms with Crippen LogP contribution in [0.1, 0.15) is 24.8 Å². The fraction of sp³-hybridized carbons (Fsp3) is 0.600. The van der Waals surface area contributed by atoms with Crippen LogP contribution in [0, 0.1) is 28.9 Å². The van der Waals surface area contributed by atoms with E-state index in [1.807, 2.05) is 0 Å². The van der Waals surface area contributed by atoms with Crippen LogP contribution in [-0.4, -0.2) is 36.8 Å². The summed E-state index contributed by atoms with van der Waals surface area (Å²) < 4.78 is 27.3. The van der Waals surface area contributed by atoms with Crippen LogP contribution < -0.4 is 5.73 Å². The second-order valence-electron chi connectivity index (χ2n) is 6.65. The van der Waals surface area contributed by atoms with E-state index in [-0.39, 0.29) is 39.0 Å². The fourth-order valence-electron chi connectivity index (χ4n) is 3.80. The summed E-state index contributed by atoms with van der Waals surface area (Å²) in [6.45, 7) is 2.29. The van der Waals surface area contributed by atoms with Crippen molar-refractivity contribution >= 4 is 27.3 Å². The fourth-order valence-corrected chi connectivity index (χ4v) is 5.66. The summed E-state index contributed by atoms with van der Waals surface area (Å²) in [6, 6.07) is 2.40. The smallest absolute Gasteiger partial charge is 0.275 e. The largest absolute Gasteiger partial charge is 0.327 e. The number of hydrogen-bond acceptors (Lipinski definition) is 5. The molecule has 2 aliphatic rings. The number of fused-ring (bicyclic) bond motifs is 1. The number of nitro groups is 1. The number of hydrogen-bond donors (Lipinski definition) is 1. The molecule has 9 heteroatoms. The number of nitrogens with zero attached hydrogens (tertiary/aromatic N) is 2. The number of nitro benzene ring substituents is 1. The molecule has 2 fully saturated rings. The normalized spacial score (nSPS) is 27.9. The molecule has 7 nitrogen and oxygen atoms in total. The van der Waals surface area contributed by atoms with Crippen molar-refractivity contribution in [3.05, 3.63) is 32.8 Å². The van der Waals surface area contributed by atoms with E-state index in [4.69, 9.17) is 17.3 Å². The Hall–Kier alpha value is -1.22. The summed E-state index contributed by atoms with van der Waals surface area (Å²) in [5, 5.41) is 11.2. The van der Waals surface area contributed by atoms with Crippen molar-refractivity contribution in [1.29, 1.82) is 0 Å². The Morgan fingerprint density at radius 1 is 1.33 bits per heavy atom. The first-order valence-electron chi connectivity index (χ1n) is 7.92. The van der Waals surface area contributed by atoms with Gasteiger partial charge in [-0.2, -0.15) is 4.31 Å². The molecule has 0 amide bonds. The van der Waals surface area contributed by atoms with Gasteiger partial charge in [0.15, 0.2) is 0 Å². The van der Waals surface area contributed by atoms with Gasteiger partial charge in [-0.05, 0) is 37.7 Å². The van der Waals surface area contributed by atoms with Crippen molar-refractivity contribution in [1.82, 2.24) is 4.31 Å². The molecule has 0 spiro atoms. The summed E-state index contributed by atoms with van der Waals surface area (Å²) >= 11 is 6.01. The number of halogens is 1. The van der Waals surface area contributed by atoms with E-state index in [2.05, 4.69) is 0 Å². The van der Waals surface area contributed by atoms with Gasteiger partial charge in [0.2, 0.25) is 10.0 Å². The van der Waals surface area contributed by atoms with Gasteiger partial charge in [-0.3, -0.25) is 10.1 Å². The molecule has 3 rings (SSSR count). The van der Waals surface area contributed by atoms with E-state index in [0.717, 1.165) is 25.3 Å². The molecule has 1 aromatic rings. The van der Waals surface area contributed by atoms with Crippen LogP contribution in [0.3, 0.4) is 0 Å². The van der Waals surface area contributed by atoms with Gasteiger partial charge >= 0.3 is 0 Å². The summed E-state index contributed by atoms with van der Waals surface area (Å²) in [7, 11) is -3.83. The zero-order valence-corrected chi connectivity index (χ0v) is 14.9. The summed E-state index contributed by atoms with van der Waals surface area (Å²) in [4.78, 5) is 10.4. The van der Waals surface area contributed by atoms with Gasteiger partial charge < -0.3 is 5.73 Å². The van der Waals surface area contributed by atoms with Crippen molar-refractivity contribution in [2.45, 2.75) is 37.1 Å². The molecule has 1 saturated heterocycles. The highest BCUT2D eigenvalue weighted by molar-refractivity contribution is 7.89. The van der Waals surface area contributed by atoms with E-state index >= 15 is 0 Å². The van der Waals surface area contributed by atoms with Gasteiger partial charge in [0.1, 0.15) is 0 Å². The van der Waals surface area contributed by atoms with Gasteiger partial charge in [0, 0.05) is 30.8 Å². The first-order chi connectivity index (χ1) is 11.2. The minimum absolute atomic E-state index is 0.0138. The standard InChI is InChI=1S/C15H20ClN3O4S/c1-9-13(16)5-11(6-15(9)19(20)21)24(22,23)18-7-10-3-2-4-14(17)12(10)8-18/h5-6,10,12,14H,2-4,7-8,17H2,1H3. The second kappa shape index (κ2) is 6.25. The molecule has 132 valence electrons. The highest BCUT2D eigenvalue weighted by atomic mass is 35.5. The lowest BCUT2D eigenvalue weighted by molar-refractivity contribution is -0.385. The first-order valence-corrected chi connectivity index (χ1v) is 9.74. The molecule has 1 heterocycles. The van der Waals surface area contributed by atoms with Crippen LogP contribution in [0.15, 0.2) is 17.0 Å². The van der Waals surface area contributed by atoms with Gasteiger partial charge in [-0.1, -0.05) is 18.0 Å². The van der Waals surface area contributed by atoms with Gasteiger partial charge in [0.25, 0.3) is 5.69 Å². The first kappa shape index (κ1) is 17.6. The van der Waals surface area contributed by atoms with E-state index in [1.165, 1.54) is 17.3 Å². The minimum Gasteiger partial charge on any atom is -0.327 e. The lowest BCUT2D eigenvalue weighted by Gasteiger charge is -2.29. The van der Waals surface area contributed by atoms with Crippen molar-refractivity contribution in [3.63, 3.8) is 0 Å². The third-order valence-corrected chi connectivity index (χ3v) is 7.45. The van der Waals surface area contributed by atoms with E-state index in [0.29, 0.717) is 13.1 Å². The van der Waals surface area contributed by atoms with Crippen molar-refractivity contribution in [2.24, 2.45) is 17.6 Å². The molecule has 1 aliphatic carbocycles. The molecule has 0 aromatic heterocycles. The molecule has 0 radical (unpaired) electrons. The molecule has 0 bridgehead atoms. The Morgan fingerprint density at radius 2 is 2.04 bits per heavy atom. The second-order valence-corrected chi connectivity index (χ2v) is 8.99. The Labute approximate surface area is 146 Å². The number of sulfonamides is 1. The Balaban J connectivity index is 1.96. The third-order valence-electron chi connectivity index (χ3n) is 5.25. The van der Waals surface area contributed by atoms with Crippen LogP contribution in [-0.2, 0) is 10.0 Å². The van der Waals surface area contributed by atoms with E-state index in [9.17, 15) is 18.5 Å². The molecule has 1 saturated carbocycles. The molecule has 1 aromatic carbocycles. The van der Waals surface area contributed by atoms with Crippen molar-refractivity contribution < 1.29 is 13.3 Å². The van der Waals surface area contributed by atoms with Crippen LogP contribution in [0.2, 0.25) is 5.02 Å². The van der Waals surface area contributed by atoms with Crippen LogP contribution in [0.25, 0.3) is 0 Å². The lowest BCUT2D eigenvalue weighted by atomic mass is 9.78. The Kier molecular flexibility index (Phi) is 4.59. The highest BCUT2D eigenvalue weighted by Gasteiger charge is 2.43. The highest BCUT2D eigenvalue weighted by Crippen LogP contribution is 2.39. The van der Waals surface area contributed by atoms with Crippen LogP contribution in [0.5, 0.6) is 0 Å². The lowest BCUT2D eigenvalue weighted by Crippen LogP contribution is -2.38. The predicted octanol–water partition coefficient (Wildman–Crippen LogP) is 2.30. The summed E-state index contributed by atoms with van der Waals surface area (Å²) in [5.74, 6) is 0.420. The number of rotatable bonds is 3. The van der Waals surface area contributed by atoms with Crippen molar-refractivity contribution in [2.75, 3.05) is 13.1 Å². The molecule has 1 aliphatic heterocycles. The maximum Gasteiger partial charge on any atom is 0.275 e. The summed E-state index contributed by atoms with van der Waals surface area (Å²) in [6.07, 6.45) is 2.90. The SMILES string of the molecule is Cc1c(Cl)cc(S(=O)(=O)N2CC3CCCC(N)C3C2)cc1[N+](=O)[O-]. The van der Waals surface area contributed by atoms with Crippen molar-refractivity contribution in [3.8, 4) is 0 Å². The molecule has 24 heavy (non-hydrogen) atoms. The van der Waals surface area contributed by atoms with Gasteiger partial charge in [-0.25, -0.2) is 8.42 Å². The Bertz CT molecular complexity index is 783. The topological polar surface area (TPSA) is 107 Å². The maximum absolute atomic E-state index is 12.9. The predicted molar refractivity (Wildman–Crippen MR) is 90.4 cm³/mol. The van der Waals surface area contributed by atoms with Crippen LogP contribution >= 0.6 is 11.6 Å². The average Bonchev–Trinajstić information content (AvgIpc) is 2.95. The zero-order chi connectivity index (χ0) is 17.6. The number of nitrogens with two attached hydrogens (primary N) is 1. The molecule has 2 N–H and O–H groups in total. The summed E-state index contributed by atoms with van der Waals surface area (Å²) in [5.41, 5.74) is 6.12. The zero-order valence-electron chi connectivity index (χ0n) is 13.3. The third kappa shape index (κ3) is 2.92. The molecule has 3 unspecified atom stereocenters. The van der Waals surface area contributed by atoms with Gasteiger partial charge in [-0.15, -0.1) is 0 Å². The minimum atomic E-state index is -3.83.